The number of nitrogens with zero attached hydrogens (tertiary/aromatic N) is 4. The van der Waals surface area contributed by atoms with Gasteiger partial charge in [0.05, 0.1) is 0 Å². The van der Waals surface area contributed by atoms with Crippen molar-refractivity contribution < 1.29 is 0 Å². The third kappa shape index (κ3) is 3.23. The molecule has 0 aliphatic carbocycles. The topological polar surface area (TPSA) is 83.1 Å². The predicted molar refractivity (Wildman–Crippen MR) is 102 cm³/mol. The van der Waals surface area contributed by atoms with Crippen LogP contribution in [0.5, 0.6) is 0 Å². The standard InChI is InChI=1S/C19H23N5O2/c1-13-5-4-6-15(11-13)21-14-7-9-24(10-8-14)17-16(12-20)18(25)23(3)19(26)22(17)2/h4-6,11,14,21H,7-10H2,1-3H3. The van der Waals surface area contributed by atoms with Crippen molar-refractivity contribution in [3.05, 3.63) is 56.2 Å². The van der Waals surface area contributed by atoms with Crippen molar-refractivity contribution in [3.8, 4) is 6.07 Å². The van der Waals surface area contributed by atoms with Crippen LogP contribution in [-0.4, -0.2) is 28.3 Å². The van der Waals surface area contributed by atoms with Gasteiger partial charge in [0.2, 0.25) is 0 Å². The number of hydrogen-bond acceptors (Lipinski definition) is 5. The van der Waals surface area contributed by atoms with Crippen LogP contribution < -0.4 is 21.5 Å². The number of rotatable bonds is 3. The highest BCUT2D eigenvalue weighted by Crippen LogP contribution is 2.22. The lowest BCUT2D eigenvalue weighted by Gasteiger charge is -2.35. The third-order valence-electron chi connectivity index (χ3n) is 4.93. The summed E-state index contributed by atoms with van der Waals surface area (Å²) >= 11 is 0. The van der Waals surface area contributed by atoms with Crippen LogP contribution in [0.2, 0.25) is 0 Å². The van der Waals surface area contributed by atoms with Crippen LogP contribution in [0, 0.1) is 18.3 Å². The van der Waals surface area contributed by atoms with Crippen LogP contribution in [0.4, 0.5) is 11.5 Å². The number of benzene rings is 1. The number of anilines is 2. The molecule has 0 saturated carbocycles. The van der Waals surface area contributed by atoms with E-state index < -0.39 is 11.2 Å². The summed E-state index contributed by atoms with van der Waals surface area (Å²) in [5.41, 5.74) is 1.39. The summed E-state index contributed by atoms with van der Waals surface area (Å²) in [6.07, 6.45) is 1.73. The first-order valence-electron chi connectivity index (χ1n) is 8.70. The molecule has 1 aliphatic rings. The van der Waals surface area contributed by atoms with Gasteiger partial charge in [-0.1, -0.05) is 12.1 Å². The maximum absolute atomic E-state index is 12.3. The smallest absolute Gasteiger partial charge is 0.332 e. The van der Waals surface area contributed by atoms with Crippen LogP contribution >= 0.6 is 0 Å². The summed E-state index contributed by atoms with van der Waals surface area (Å²) < 4.78 is 2.38. The summed E-state index contributed by atoms with van der Waals surface area (Å²) in [5.74, 6) is 0.426. The molecule has 1 aromatic carbocycles. The average molecular weight is 353 g/mol. The van der Waals surface area contributed by atoms with Gasteiger partial charge < -0.3 is 10.2 Å². The Bertz CT molecular complexity index is 975. The lowest BCUT2D eigenvalue weighted by atomic mass is 10.0. The molecule has 2 aromatic rings. The van der Waals surface area contributed by atoms with E-state index in [2.05, 4.69) is 30.4 Å². The van der Waals surface area contributed by atoms with Gasteiger partial charge in [-0.15, -0.1) is 0 Å². The van der Waals surface area contributed by atoms with Crippen molar-refractivity contribution >= 4 is 11.5 Å². The molecule has 136 valence electrons. The summed E-state index contributed by atoms with van der Waals surface area (Å²) in [4.78, 5) is 26.5. The monoisotopic (exact) mass is 353 g/mol. The molecule has 1 aliphatic heterocycles. The molecule has 7 heteroatoms. The lowest BCUT2D eigenvalue weighted by Crippen LogP contribution is -2.46. The maximum Gasteiger partial charge on any atom is 0.332 e. The molecule has 26 heavy (non-hydrogen) atoms. The minimum atomic E-state index is -0.536. The highest BCUT2D eigenvalue weighted by molar-refractivity contribution is 5.54. The van der Waals surface area contributed by atoms with Crippen molar-refractivity contribution in [2.75, 3.05) is 23.3 Å². The summed E-state index contributed by atoms with van der Waals surface area (Å²) in [6.45, 7) is 3.42. The number of nitrogens with one attached hydrogen (secondary N) is 1. The minimum absolute atomic E-state index is 0.0275. The molecule has 0 atom stereocenters. The van der Waals surface area contributed by atoms with E-state index in [4.69, 9.17) is 0 Å². The molecule has 0 spiro atoms. The van der Waals surface area contributed by atoms with Gasteiger partial charge in [-0.25, -0.2) is 4.79 Å². The zero-order valence-corrected chi connectivity index (χ0v) is 15.3. The Hall–Kier alpha value is -3.01. The summed E-state index contributed by atoms with van der Waals surface area (Å²) in [6, 6.07) is 10.6. The molecule has 0 radical (unpaired) electrons. The van der Waals surface area contributed by atoms with E-state index in [1.165, 1.54) is 17.2 Å². The van der Waals surface area contributed by atoms with Gasteiger partial charge in [-0.3, -0.25) is 13.9 Å². The quantitative estimate of drug-likeness (QED) is 0.900. The first kappa shape index (κ1) is 17.8. The molecular weight excluding hydrogens is 330 g/mol. The molecule has 7 nitrogen and oxygen atoms in total. The fraction of sp³-hybridized carbons (Fsp3) is 0.421. The molecule has 1 fully saturated rings. The van der Waals surface area contributed by atoms with Crippen molar-refractivity contribution in [3.63, 3.8) is 0 Å². The summed E-state index contributed by atoms with van der Waals surface area (Å²) in [5, 5.41) is 13.0. The molecule has 3 rings (SSSR count). The third-order valence-corrected chi connectivity index (χ3v) is 4.93. The average Bonchev–Trinajstić information content (AvgIpc) is 2.64. The number of piperidine rings is 1. The predicted octanol–water partition coefficient (Wildman–Crippen LogP) is 1.34. The van der Waals surface area contributed by atoms with Crippen molar-refractivity contribution in [1.29, 1.82) is 5.26 Å². The van der Waals surface area contributed by atoms with E-state index in [0.29, 0.717) is 24.9 Å². The molecular formula is C19H23N5O2. The SMILES string of the molecule is Cc1cccc(NC2CCN(c3c(C#N)c(=O)n(C)c(=O)n3C)CC2)c1. The Morgan fingerprint density at radius 1 is 1.15 bits per heavy atom. The van der Waals surface area contributed by atoms with Crippen LogP contribution in [-0.2, 0) is 14.1 Å². The van der Waals surface area contributed by atoms with Crippen LogP contribution in [0.3, 0.4) is 0 Å². The Morgan fingerprint density at radius 2 is 1.85 bits per heavy atom. The van der Waals surface area contributed by atoms with Crippen molar-refractivity contribution in [2.24, 2.45) is 14.1 Å². The van der Waals surface area contributed by atoms with Gasteiger partial charge in [0, 0.05) is 38.9 Å². The van der Waals surface area contributed by atoms with E-state index in [0.717, 1.165) is 23.1 Å². The molecule has 1 N–H and O–H groups in total. The Morgan fingerprint density at radius 3 is 2.46 bits per heavy atom. The second kappa shape index (κ2) is 7.08. The van der Waals surface area contributed by atoms with E-state index in [1.54, 1.807) is 7.05 Å². The molecule has 0 amide bonds. The fourth-order valence-corrected chi connectivity index (χ4v) is 3.51. The second-order valence-electron chi connectivity index (χ2n) is 6.79. The van der Waals surface area contributed by atoms with E-state index in [9.17, 15) is 14.9 Å². The van der Waals surface area contributed by atoms with Crippen LogP contribution in [0.1, 0.15) is 24.0 Å². The molecule has 0 unspecified atom stereocenters. The molecule has 0 bridgehead atoms. The van der Waals surface area contributed by atoms with E-state index >= 15 is 0 Å². The van der Waals surface area contributed by atoms with Crippen molar-refractivity contribution in [1.82, 2.24) is 9.13 Å². The lowest BCUT2D eigenvalue weighted by molar-refractivity contribution is 0.513. The Kier molecular flexibility index (Phi) is 4.85. The second-order valence-corrected chi connectivity index (χ2v) is 6.79. The maximum atomic E-state index is 12.3. The van der Waals surface area contributed by atoms with E-state index in [-0.39, 0.29) is 5.56 Å². The highest BCUT2D eigenvalue weighted by atomic mass is 16.2. The number of nitriles is 1. The minimum Gasteiger partial charge on any atom is -0.382 e. The first-order chi connectivity index (χ1) is 12.4. The first-order valence-corrected chi connectivity index (χ1v) is 8.70. The van der Waals surface area contributed by atoms with Gasteiger partial charge in [0.25, 0.3) is 5.56 Å². The van der Waals surface area contributed by atoms with Gasteiger partial charge in [-0.05, 0) is 37.5 Å². The van der Waals surface area contributed by atoms with Gasteiger partial charge in [0.15, 0.2) is 5.56 Å². The Labute approximate surface area is 152 Å². The molecule has 2 heterocycles. The number of hydrogen-bond donors (Lipinski definition) is 1. The van der Waals surface area contributed by atoms with E-state index in [1.807, 2.05) is 17.0 Å². The molecule has 1 saturated heterocycles. The highest BCUT2D eigenvalue weighted by Gasteiger charge is 2.25. The van der Waals surface area contributed by atoms with Gasteiger partial charge >= 0.3 is 5.69 Å². The number of aryl methyl sites for hydroxylation is 1. The largest absolute Gasteiger partial charge is 0.382 e. The van der Waals surface area contributed by atoms with Crippen LogP contribution in [0.15, 0.2) is 33.9 Å². The fourth-order valence-electron chi connectivity index (χ4n) is 3.51. The number of aromatic nitrogens is 2. The van der Waals surface area contributed by atoms with Gasteiger partial charge in [0.1, 0.15) is 11.9 Å². The molecule has 1 aromatic heterocycles. The summed E-state index contributed by atoms with van der Waals surface area (Å²) in [7, 11) is 3.00. The Balaban J connectivity index is 1.80. The zero-order valence-electron chi connectivity index (χ0n) is 15.3. The zero-order chi connectivity index (χ0) is 18.8. The normalized spacial score (nSPS) is 14.9. The van der Waals surface area contributed by atoms with Gasteiger partial charge in [-0.2, -0.15) is 5.26 Å². The van der Waals surface area contributed by atoms with Crippen molar-refractivity contribution in [2.45, 2.75) is 25.8 Å². The van der Waals surface area contributed by atoms with Crippen LogP contribution in [0.25, 0.3) is 0 Å².